The van der Waals surface area contributed by atoms with Crippen molar-refractivity contribution in [2.24, 2.45) is 5.73 Å². The van der Waals surface area contributed by atoms with E-state index in [0.29, 0.717) is 10.0 Å². The molecule has 94 valence electrons. The van der Waals surface area contributed by atoms with Gasteiger partial charge >= 0.3 is 0 Å². The molecule has 1 unspecified atom stereocenters. The van der Waals surface area contributed by atoms with Crippen LogP contribution in [0.5, 0.6) is 0 Å². The molecular weight excluding hydrogens is 333 g/mol. The summed E-state index contributed by atoms with van der Waals surface area (Å²) in [6.45, 7) is 1.92. The normalized spacial score (nSPS) is 14.3. The Morgan fingerprint density at radius 3 is 2.28 bits per heavy atom. The summed E-state index contributed by atoms with van der Waals surface area (Å²) in [7, 11) is 0. The zero-order valence-electron chi connectivity index (χ0n) is 9.75. The SMILES string of the molecule is CC(N)(c1ccc(Br)cc1)c1cc(Cl)ccc1Cl. The topological polar surface area (TPSA) is 26.0 Å². The Bertz CT molecular complexity index is 565. The molecule has 2 aromatic carbocycles. The minimum Gasteiger partial charge on any atom is -0.318 e. The van der Waals surface area contributed by atoms with Crippen LogP contribution >= 0.6 is 39.1 Å². The molecule has 0 fully saturated rings. The molecule has 0 radical (unpaired) electrons. The van der Waals surface area contributed by atoms with Crippen LogP contribution in [0, 0.1) is 0 Å². The number of hydrogen-bond acceptors (Lipinski definition) is 1. The molecule has 0 aliphatic carbocycles. The number of hydrogen-bond donors (Lipinski definition) is 1. The smallest absolute Gasteiger partial charge is 0.0652 e. The first-order valence-electron chi connectivity index (χ1n) is 5.42. The van der Waals surface area contributed by atoms with Crippen LogP contribution in [0.25, 0.3) is 0 Å². The van der Waals surface area contributed by atoms with Crippen LogP contribution in [-0.2, 0) is 5.54 Å². The molecule has 2 aromatic rings. The standard InChI is InChI=1S/C14H12BrCl2N/c1-14(18,9-2-4-10(15)5-3-9)12-8-11(16)6-7-13(12)17/h2-8H,18H2,1H3. The predicted octanol–water partition coefficient (Wildman–Crippen LogP) is 4.98. The second-order valence-corrected chi connectivity index (χ2v) is 6.09. The van der Waals surface area contributed by atoms with Crippen molar-refractivity contribution in [3.05, 3.63) is 68.1 Å². The summed E-state index contributed by atoms with van der Waals surface area (Å²) < 4.78 is 1.01. The lowest BCUT2D eigenvalue weighted by molar-refractivity contribution is 0.603. The van der Waals surface area contributed by atoms with E-state index >= 15 is 0 Å². The molecule has 0 amide bonds. The van der Waals surface area contributed by atoms with Gasteiger partial charge in [0.15, 0.2) is 0 Å². The highest BCUT2D eigenvalue weighted by molar-refractivity contribution is 9.10. The molecule has 0 bridgehead atoms. The fourth-order valence-corrected chi connectivity index (χ4v) is 2.60. The molecule has 2 rings (SSSR count). The van der Waals surface area contributed by atoms with Crippen LogP contribution in [0.2, 0.25) is 10.0 Å². The molecule has 0 spiro atoms. The lowest BCUT2D eigenvalue weighted by atomic mass is 9.86. The molecule has 0 saturated heterocycles. The average molecular weight is 345 g/mol. The van der Waals surface area contributed by atoms with Crippen LogP contribution in [0.1, 0.15) is 18.1 Å². The Hall–Kier alpha value is -0.540. The van der Waals surface area contributed by atoms with Crippen LogP contribution in [-0.4, -0.2) is 0 Å². The van der Waals surface area contributed by atoms with Gasteiger partial charge in [0.2, 0.25) is 0 Å². The van der Waals surface area contributed by atoms with Crippen LogP contribution in [0.3, 0.4) is 0 Å². The van der Waals surface area contributed by atoms with E-state index in [-0.39, 0.29) is 0 Å². The second-order valence-electron chi connectivity index (χ2n) is 4.33. The molecule has 1 nitrogen and oxygen atoms in total. The van der Waals surface area contributed by atoms with Crippen molar-refractivity contribution in [3.8, 4) is 0 Å². The monoisotopic (exact) mass is 343 g/mol. The largest absolute Gasteiger partial charge is 0.318 e. The molecule has 0 aromatic heterocycles. The van der Waals surface area contributed by atoms with E-state index < -0.39 is 5.54 Å². The van der Waals surface area contributed by atoms with E-state index in [0.717, 1.165) is 15.6 Å². The maximum absolute atomic E-state index is 6.42. The van der Waals surface area contributed by atoms with Crippen molar-refractivity contribution in [3.63, 3.8) is 0 Å². The Labute approximate surface area is 125 Å². The fraction of sp³-hybridized carbons (Fsp3) is 0.143. The first-order valence-corrected chi connectivity index (χ1v) is 6.96. The van der Waals surface area contributed by atoms with Gasteiger partial charge in [-0.25, -0.2) is 0 Å². The number of nitrogens with two attached hydrogens (primary N) is 1. The predicted molar refractivity (Wildman–Crippen MR) is 81.2 cm³/mol. The first kappa shape index (κ1) is 13.9. The van der Waals surface area contributed by atoms with Gasteiger partial charge in [-0.3, -0.25) is 0 Å². The van der Waals surface area contributed by atoms with E-state index in [1.54, 1.807) is 12.1 Å². The Balaban J connectivity index is 2.53. The summed E-state index contributed by atoms with van der Waals surface area (Å²) in [6, 6.07) is 13.2. The second kappa shape index (κ2) is 5.22. The van der Waals surface area contributed by atoms with Crippen molar-refractivity contribution in [1.29, 1.82) is 0 Å². The summed E-state index contributed by atoms with van der Waals surface area (Å²) in [6.07, 6.45) is 0. The van der Waals surface area contributed by atoms with Crippen molar-refractivity contribution in [2.75, 3.05) is 0 Å². The van der Waals surface area contributed by atoms with Crippen molar-refractivity contribution >= 4 is 39.1 Å². The molecule has 0 saturated carbocycles. The molecule has 0 aliphatic rings. The molecule has 1 atom stereocenters. The summed E-state index contributed by atoms with van der Waals surface area (Å²) >= 11 is 15.6. The molecule has 0 aliphatic heterocycles. The minimum atomic E-state index is -0.678. The third-order valence-electron chi connectivity index (χ3n) is 2.93. The van der Waals surface area contributed by atoms with Gasteiger partial charge in [0.25, 0.3) is 0 Å². The Morgan fingerprint density at radius 1 is 1.06 bits per heavy atom. The number of halogens is 3. The third-order valence-corrected chi connectivity index (χ3v) is 4.03. The Kier molecular flexibility index (Phi) is 4.02. The van der Waals surface area contributed by atoms with Crippen molar-refractivity contribution < 1.29 is 0 Å². The van der Waals surface area contributed by atoms with Gasteiger partial charge in [-0.15, -0.1) is 0 Å². The van der Waals surface area contributed by atoms with Crippen LogP contribution < -0.4 is 5.73 Å². The zero-order valence-corrected chi connectivity index (χ0v) is 12.9. The van der Waals surface area contributed by atoms with Crippen LogP contribution in [0.15, 0.2) is 46.9 Å². The maximum atomic E-state index is 6.42. The fourth-order valence-electron chi connectivity index (χ4n) is 1.85. The van der Waals surface area contributed by atoms with Crippen molar-refractivity contribution in [1.82, 2.24) is 0 Å². The quantitative estimate of drug-likeness (QED) is 0.817. The highest BCUT2D eigenvalue weighted by Crippen LogP contribution is 2.34. The first-order chi connectivity index (χ1) is 8.41. The zero-order chi connectivity index (χ0) is 13.3. The van der Waals surface area contributed by atoms with E-state index in [4.69, 9.17) is 28.9 Å². The minimum absolute atomic E-state index is 0.618. The average Bonchev–Trinajstić information content (AvgIpc) is 2.32. The molecule has 2 N–H and O–H groups in total. The number of benzene rings is 2. The van der Waals surface area contributed by atoms with Crippen molar-refractivity contribution in [2.45, 2.75) is 12.5 Å². The summed E-state index contributed by atoms with van der Waals surface area (Å²) in [5.41, 5.74) is 7.54. The van der Waals surface area contributed by atoms with Gasteiger partial charge in [-0.1, -0.05) is 51.3 Å². The van der Waals surface area contributed by atoms with Gasteiger partial charge < -0.3 is 5.73 Å². The van der Waals surface area contributed by atoms with E-state index in [1.165, 1.54) is 0 Å². The lowest BCUT2D eigenvalue weighted by Gasteiger charge is -2.27. The maximum Gasteiger partial charge on any atom is 0.0652 e. The van der Waals surface area contributed by atoms with E-state index in [2.05, 4.69) is 15.9 Å². The summed E-state index contributed by atoms with van der Waals surface area (Å²) in [4.78, 5) is 0. The van der Waals surface area contributed by atoms with Gasteiger partial charge in [0.05, 0.1) is 5.54 Å². The van der Waals surface area contributed by atoms with Gasteiger partial charge in [-0.05, 0) is 48.4 Å². The lowest BCUT2D eigenvalue weighted by Crippen LogP contribution is -2.34. The molecular formula is C14H12BrCl2N. The van der Waals surface area contributed by atoms with Crippen LogP contribution in [0.4, 0.5) is 0 Å². The summed E-state index contributed by atoms with van der Waals surface area (Å²) in [5.74, 6) is 0. The van der Waals surface area contributed by atoms with Gasteiger partial charge in [0.1, 0.15) is 0 Å². The highest BCUT2D eigenvalue weighted by Gasteiger charge is 2.26. The number of rotatable bonds is 2. The van der Waals surface area contributed by atoms with Gasteiger partial charge in [-0.2, -0.15) is 0 Å². The summed E-state index contributed by atoms with van der Waals surface area (Å²) in [5, 5.41) is 1.25. The molecule has 4 heteroatoms. The molecule has 0 heterocycles. The Morgan fingerprint density at radius 2 is 1.67 bits per heavy atom. The van der Waals surface area contributed by atoms with E-state index in [9.17, 15) is 0 Å². The van der Waals surface area contributed by atoms with E-state index in [1.807, 2.05) is 37.3 Å². The highest BCUT2D eigenvalue weighted by atomic mass is 79.9. The van der Waals surface area contributed by atoms with Gasteiger partial charge in [0, 0.05) is 14.5 Å². The molecule has 18 heavy (non-hydrogen) atoms. The third kappa shape index (κ3) is 2.72.